The van der Waals surface area contributed by atoms with E-state index in [1.165, 1.54) is 12.1 Å². The average Bonchev–Trinajstić information content (AvgIpc) is 2.36. The molecule has 2 aromatic carbocycles. The Morgan fingerprint density at radius 3 is 2.26 bits per heavy atom. The van der Waals surface area contributed by atoms with Crippen molar-refractivity contribution in [2.75, 3.05) is 0 Å². The van der Waals surface area contributed by atoms with Gasteiger partial charge in [-0.1, -0.05) is 30.3 Å². The summed E-state index contributed by atoms with van der Waals surface area (Å²) < 4.78 is 50.0. The van der Waals surface area contributed by atoms with E-state index >= 15 is 0 Å². The highest BCUT2D eigenvalue weighted by Crippen LogP contribution is 2.31. The van der Waals surface area contributed by atoms with Crippen LogP contribution in [0.25, 0.3) is 10.8 Å². The highest BCUT2D eigenvalue weighted by Gasteiger charge is 2.28. The van der Waals surface area contributed by atoms with Crippen molar-refractivity contribution in [3.63, 3.8) is 0 Å². The minimum atomic E-state index is -4.31. The monoisotopic (exact) mass is 272 g/mol. The van der Waals surface area contributed by atoms with E-state index in [1.807, 2.05) is 0 Å². The molecule has 0 radical (unpaired) electrons. The fourth-order valence-corrected chi connectivity index (χ4v) is 2.03. The number of benzene rings is 2. The molecular formula is C14H12F4O. The molecule has 0 aromatic heterocycles. The van der Waals surface area contributed by atoms with Gasteiger partial charge in [0.1, 0.15) is 5.82 Å². The van der Waals surface area contributed by atoms with Gasteiger partial charge in [-0.15, -0.1) is 0 Å². The van der Waals surface area contributed by atoms with Crippen molar-refractivity contribution in [3.05, 3.63) is 47.8 Å². The lowest BCUT2D eigenvalue weighted by Crippen LogP contribution is -2.10. The summed E-state index contributed by atoms with van der Waals surface area (Å²) in [5.41, 5.74) is 0.321. The van der Waals surface area contributed by atoms with E-state index in [2.05, 4.69) is 0 Å². The van der Waals surface area contributed by atoms with Gasteiger partial charge in [-0.3, -0.25) is 0 Å². The molecule has 0 fully saturated rings. The maximum atomic E-state index is 13.5. The molecule has 2 aromatic rings. The van der Waals surface area contributed by atoms with Gasteiger partial charge in [0.05, 0.1) is 6.10 Å². The summed E-state index contributed by atoms with van der Waals surface area (Å²) in [7, 11) is 0. The van der Waals surface area contributed by atoms with Crippen LogP contribution >= 0.6 is 0 Å². The van der Waals surface area contributed by atoms with E-state index < -0.39 is 30.9 Å². The molecule has 1 nitrogen and oxygen atoms in total. The zero-order valence-corrected chi connectivity index (χ0v) is 9.91. The SMILES string of the molecule is OC(CCC(F)(F)F)c1ccc(F)c2ccccc12. The van der Waals surface area contributed by atoms with E-state index in [1.54, 1.807) is 18.2 Å². The van der Waals surface area contributed by atoms with E-state index in [9.17, 15) is 22.7 Å². The number of halogens is 4. The Hall–Kier alpha value is -1.62. The molecule has 19 heavy (non-hydrogen) atoms. The standard InChI is InChI=1S/C14H12F4O/c15-12-6-5-11(9-3-1-2-4-10(9)12)13(19)7-8-14(16,17)18/h1-6,13,19H,7-8H2. The van der Waals surface area contributed by atoms with Crippen molar-refractivity contribution in [2.45, 2.75) is 25.1 Å². The Balaban J connectivity index is 2.32. The summed E-state index contributed by atoms with van der Waals surface area (Å²) in [5, 5.41) is 10.6. The van der Waals surface area contributed by atoms with Gasteiger partial charge in [-0.25, -0.2) is 4.39 Å². The quantitative estimate of drug-likeness (QED) is 0.823. The highest BCUT2D eigenvalue weighted by atomic mass is 19.4. The van der Waals surface area contributed by atoms with Crippen LogP contribution in [-0.2, 0) is 0 Å². The Labute approximate surface area is 107 Å². The van der Waals surface area contributed by atoms with E-state index in [-0.39, 0.29) is 0 Å². The Morgan fingerprint density at radius 2 is 1.63 bits per heavy atom. The van der Waals surface area contributed by atoms with Crippen molar-refractivity contribution in [1.82, 2.24) is 0 Å². The molecule has 1 atom stereocenters. The number of fused-ring (bicyclic) bond motifs is 1. The summed E-state index contributed by atoms with van der Waals surface area (Å²) >= 11 is 0. The van der Waals surface area contributed by atoms with Gasteiger partial charge in [-0.05, 0) is 23.4 Å². The first-order valence-corrected chi connectivity index (χ1v) is 5.80. The molecule has 0 saturated carbocycles. The van der Waals surface area contributed by atoms with Gasteiger partial charge in [0.25, 0.3) is 0 Å². The predicted octanol–water partition coefficient (Wildman–Crippen LogP) is 4.35. The molecule has 0 amide bonds. The maximum absolute atomic E-state index is 13.5. The lowest BCUT2D eigenvalue weighted by molar-refractivity contribution is -0.140. The zero-order valence-electron chi connectivity index (χ0n) is 9.91. The normalized spacial score (nSPS) is 13.7. The number of hydrogen-bond acceptors (Lipinski definition) is 1. The first kappa shape index (κ1) is 13.8. The minimum absolute atomic E-state index is 0.297. The topological polar surface area (TPSA) is 20.2 Å². The van der Waals surface area contributed by atoms with Crippen LogP contribution in [0.3, 0.4) is 0 Å². The number of hydrogen-bond donors (Lipinski definition) is 1. The molecule has 102 valence electrons. The van der Waals surface area contributed by atoms with Gasteiger partial charge in [0, 0.05) is 11.8 Å². The lowest BCUT2D eigenvalue weighted by atomic mass is 9.97. The smallest absolute Gasteiger partial charge is 0.388 e. The van der Waals surface area contributed by atoms with E-state index in [0.717, 1.165) is 6.07 Å². The van der Waals surface area contributed by atoms with Crippen molar-refractivity contribution >= 4 is 10.8 Å². The summed E-state index contributed by atoms with van der Waals surface area (Å²) in [6, 6.07) is 8.90. The molecule has 0 saturated heterocycles. The molecule has 1 N–H and O–H groups in total. The number of rotatable bonds is 3. The first-order chi connectivity index (χ1) is 8.88. The Bertz CT molecular complexity index is 577. The summed E-state index contributed by atoms with van der Waals surface area (Å²) in [4.78, 5) is 0. The fraction of sp³-hybridized carbons (Fsp3) is 0.286. The van der Waals surface area contributed by atoms with Crippen LogP contribution < -0.4 is 0 Å². The molecule has 0 aliphatic heterocycles. The van der Waals surface area contributed by atoms with Crippen molar-refractivity contribution in [1.29, 1.82) is 0 Å². The predicted molar refractivity (Wildman–Crippen MR) is 64.2 cm³/mol. The van der Waals surface area contributed by atoms with Gasteiger partial charge in [0.15, 0.2) is 0 Å². The summed E-state index contributed by atoms with van der Waals surface area (Å²) in [6.07, 6.45) is -7.07. The van der Waals surface area contributed by atoms with Crippen LogP contribution in [0.4, 0.5) is 17.6 Å². The van der Waals surface area contributed by atoms with Crippen LogP contribution in [0.1, 0.15) is 24.5 Å². The molecule has 0 bridgehead atoms. The van der Waals surface area contributed by atoms with Crippen molar-refractivity contribution < 1.29 is 22.7 Å². The highest BCUT2D eigenvalue weighted by molar-refractivity contribution is 5.86. The third kappa shape index (κ3) is 3.23. The molecule has 5 heteroatoms. The van der Waals surface area contributed by atoms with Gasteiger partial charge in [0.2, 0.25) is 0 Å². The molecule has 0 heterocycles. The van der Waals surface area contributed by atoms with Crippen molar-refractivity contribution in [2.24, 2.45) is 0 Å². The maximum Gasteiger partial charge on any atom is 0.389 e. The molecule has 2 rings (SSSR count). The third-order valence-electron chi connectivity index (χ3n) is 2.96. The second-order valence-corrected chi connectivity index (χ2v) is 4.35. The van der Waals surface area contributed by atoms with E-state index in [4.69, 9.17) is 0 Å². The van der Waals surface area contributed by atoms with Crippen LogP contribution in [0.15, 0.2) is 36.4 Å². The van der Waals surface area contributed by atoms with Gasteiger partial charge >= 0.3 is 6.18 Å². The Morgan fingerprint density at radius 1 is 1.00 bits per heavy atom. The second kappa shape index (κ2) is 5.17. The molecular weight excluding hydrogens is 260 g/mol. The molecule has 0 spiro atoms. The second-order valence-electron chi connectivity index (χ2n) is 4.35. The average molecular weight is 272 g/mol. The van der Waals surface area contributed by atoms with Crippen molar-refractivity contribution in [3.8, 4) is 0 Å². The van der Waals surface area contributed by atoms with Crippen LogP contribution in [-0.4, -0.2) is 11.3 Å². The third-order valence-corrected chi connectivity index (χ3v) is 2.96. The van der Waals surface area contributed by atoms with Gasteiger partial charge in [-0.2, -0.15) is 13.2 Å². The summed E-state index contributed by atoms with van der Waals surface area (Å²) in [6.45, 7) is 0. The van der Waals surface area contributed by atoms with Crippen LogP contribution in [0.5, 0.6) is 0 Å². The number of aliphatic hydroxyl groups excluding tert-OH is 1. The van der Waals surface area contributed by atoms with E-state index in [0.29, 0.717) is 16.3 Å². The zero-order chi connectivity index (χ0) is 14.0. The molecule has 1 unspecified atom stereocenters. The minimum Gasteiger partial charge on any atom is -0.388 e. The molecule has 0 aliphatic rings. The fourth-order valence-electron chi connectivity index (χ4n) is 2.03. The molecule has 0 aliphatic carbocycles. The Kier molecular flexibility index (Phi) is 3.75. The van der Waals surface area contributed by atoms with Crippen LogP contribution in [0.2, 0.25) is 0 Å². The summed E-state index contributed by atoms with van der Waals surface area (Å²) in [5.74, 6) is -0.456. The number of aliphatic hydroxyl groups is 1. The number of alkyl halides is 3. The van der Waals surface area contributed by atoms with Gasteiger partial charge < -0.3 is 5.11 Å². The van der Waals surface area contributed by atoms with Crippen LogP contribution in [0, 0.1) is 5.82 Å². The largest absolute Gasteiger partial charge is 0.389 e. The first-order valence-electron chi connectivity index (χ1n) is 5.80. The lowest BCUT2D eigenvalue weighted by Gasteiger charge is -2.15.